The molecule has 1 amide bonds. The van der Waals surface area contributed by atoms with Crippen molar-refractivity contribution >= 4 is 18.0 Å². The molecule has 0 radical (unpaired) electrons. The summed E-state index contributed by atoms with van der Waals surface area (Å²) in [6.45, 7) is 3.99. The lowest BCUT2D eigenvalue weighted by Crippen LogP contribution is -2.43. The van der Waals surface area contributed by atoms with E-state index in [0.717, 1.165) is 22.3 Å². The van der Waals surface area contributed by atoms with Crippen LogP contribution in [-0.2, 0) is 19.1 Å². The fourth-order valence-corrected chi connectivity index (χ4v) is 3.47. The van der Waals surface area contributed by atoms with E-state index in [1.165, 1.54) is 0 Å². The molecule has 0 saturated carbocycles. The first-order valence-electron chi connectivity index (χ1n) is 9.86. The Morgan fingerprint density at radius 3 is 2.07 bits per heavy atom. The SMILES string of the molecule is CC(C)COC(=O)C[C@H](NC(=O)OCC1c2ccccc2-c2ccccc21)C(=O)O. The average molecular weight is 411 g/mol. The normalized spacial score (nSPS) is 13.3. The number of carbonyl (C=O) groups is 3. The number of alkyl carbamates (subject to hydrolysis) is 1. The lowest BCUT2D eigenvalue weighted by atomic mass is 9.98. The Balaban J connectivity index is 1.61. The van der Waals surface area contributed by atoms with Gasteiger partial charge >= 0.3 is 18.0 Å². The van der Waals surface area contributed by atoms with Crippen molar-refractivity contribution in [3.63, 3.8) is 0 Å². The van der Waals surface area contributed by atoms with Gasteiger partial charge in [-0.1, -0.05) is 62.4 Å². The first-order valence-corrected chi connectivity index (χ1v) is 9.86. The second-order valence-electron chi connectivity index (χ2n) is 7.64. The van der Waals surface area contributed by atoms with Crippen LogP contribution >= 0.6 is 0 Å². The monoisotopic (exact) mass is 411 g/mol. The van der Waals surface area contributed by atoms with Crippen molar-refractivity contribution in [3.05, 3.63) is 59.7 Å². The Bertz CT molecular complexity index is 893. The van der Waals surface area contributed by atoms with Gasteiger partial charge in [0.15, 0.2) is 0 Å². The average Bonchev–Trinajstić information content (AvgIpc) is 3.04. The topological polar surface area (TPSA) is 102 Å². The highest BCUT2D eigenvalue weighted by molar-refractivity contribution is 5.85. The minimum Gasteiger partial charge on any atom is -0.480 e. The van der Waals surface area contributed by atoms with Crippen LogP contribution in [0, 0.1) is 5.92 Å². The summed E-state index contributed by atoms with van der Waals surface area (Å²) in [7, 11) is 0. The van der Waals surface area contributed by atoms with Crippen molar-refractivity contribution in [2.75, 3.05) is 13.2 Å². The lowest BCUT2D eigenvalue weighted by molar-refractivity contribution is -0.150. The lowest BCUT2D eigenvalue weighted by Gasteiger charge is -2.17. The maximum Gasteiger partial charge on any atom is 0.407 e. The van der Waals surface area contributed by atoms with Crippen molar-refractivity contribution in [3.8, 4) is 11.1 Å². The predicted molar refractivity (Wildman–Crippen MR) is 110 cm³/mol. The van der Waals surface area contributed by atoms with Crippen LogP contribution in [0.4, 0.5) is 4.79 Å². The molecule has 1 aliphatic carbocycles. The molecule has 2 aromatic rings. The Morgan fingerprint density at radius 2 is 1.53 bits per heavy atom. The van der Waals surface area contributed by atoms with Crippen LogP contribution < -0.4 is 5.32 Å². The summed E-state index contributed by atoms with van der Waals surface area (Å²) in [6.07, 6.45) is -1.35. The van der Waals surface area contributed by atoms with E-state index >= 15 is 0 Å². The molecule has 2 aromatic carbocycles. The number of fused-ring (bicyclic) bond motifs is 3. The number of carbonyl (C=O) groups excluding carboxylic acids is 2. The molecule has 158 valence electrons. The van der Waals surface area contributed by atoms with Crippen LogP contribution in [0.3, 0.4) is 0 Å². The molecule has 3 rings (SSSR count). The van der Waals surface area contributed by atoms with E-state index in [4.69, 9.17) is 9.47 Å². The second kappa shape index (κ2) is 9.43. The maximum absolute atomic E-state index is 12.2. The zero-order valence-electron chi connectivity index (χ0n) is 17.0. The highest BCUT2D eigenvalue weighted by Gasteiger charge is 2.30. The molecule has 0 unspecified atom stereocenters. The van der Waals surface area contributed by atoms with Gasteiger partial charge in [-0.3, -0.25) is 4.79 Å². The molecule has 7 nitrogen and oxygen atoms in total. The van der Waals surface area contributed by atoms with Crippen molar-refractivity contribution in [2.45, 2.75) is 32.2 Å². The van der Waals surface area contributed by atoms with Gasteiger partial charge in [-0.25, -0.2) is 9.59 Å². The van der Waals surface area contributed by atoms with Crippen LogP contribution in [0.5, 0.6) is 0 Å². The van der Waals surface area contributed by atoms with Gasteiger partial charge in [-0.05, 0) is 28.2 Å². The van der Waals surface area contributed by atoms with Crippen LogP contribution in [-0.4, -0.2) is 42.4 Å². The van der Waals surface area contributed by atoms with E-state index in [-0.39, 0.29) is 25.0 Å². The number of carboxylic acid groups (broad SMARTS) is 1. The summed E-state index contributed by atoms with van der Waals surface area (Å²) in [6, 6.07) is 14.4. The zero-order chi connectivity index (χ0) is 21.7. The van der Waals surface area contributed by atoms with Gasteiger partial charge in [0.2, 0.25) is 0 Å². The summed E-state index contributed by atoms with van der Waals surface area (Å²) in [5, 5.41) is 11.6. The highest BCUT2D eigenvalue weighted by atomic mass is 16.6. The van der Waals surface area contributed by atoms with Crippen molar-refractivity contribution in [1.82, 2.24) is 5.32 Å². The number of hydrogen-bond acceptors (Lipinski definition) is 5. The Kier molecular flexibility index (Phi) is 6.72. The minimum absolute atomic E-state index is 0.0595. The molecule has 0 aliphatic heterocycles. The van der Waals surface area contributed by atoms with Gasteiger partial charge in [0.25, 0.3) is 0 Å². The van der Waals surface area contributed by atoms with E-state index in [9.17, 15) is 19.5 Å². The number of rotatable bonds is 8. The molecular weight excluding hydrogens is 386 g/mol. The zero-order valence-corrected chi connectivity index (χ0v) is 17.0. The quantitative estimate of drug-likeness (QED) is 0.644. The number of benzene rings is 2. The van der Waals surface area contributed by atoms with Crippen molar-refractivity contribution in [2.24, 2.45) is 5.92 Å². The number of esters is 1. The third-order valence-electron chi connectivity index (χ3n) is 4.88. The summed E-state index contributed by atoms with van der Waals surface area (Å²) >= 11 is 0. The van der Waals surface area contributed by atoms with Crippen LogP contribution in [0.15, 0.2) is 48.5 Å². The summed E-state index contributed by atoms with van der Waals surface area (Å²) < 4.78 is 10.3. The second-order valence-corrected chi connectivity index (χ2v) is 7.64. The number of carboxylic acids is 1. The fourth-order valence-electron chi connectivity index (χ4n) is 3.47. The van der Waals surface area contributed by atoms with E-state index in [2.05, 4.69) is 5.32 Å². The molecule has 0 heterocycles. The van der Waals surface area contributed by atoms with Gasteiger partial charge in [-0.15, -0.1) is 0 Å². The summed E-state index contributed by atoms with van der Waals surface area (Å²) in [5.74, 6) is -2.02. The molecule has 0 spiro atoms. The first-order chi connectivity index (χ1) is 14.4. The molecule has 0 aromatic heterocycles. The van der Waals surface area contributed by atoms with Gasteiger partial charge in [0, 0.05) is 5.92 Å². The standard InChI is InChI=1S/C23H25NO6/c1-14(2)12-29-21(25)11-20(22(26)27)24-23(28)30-13-19-17-9-5-3-7-15(17)16-8-4-6-10-18(16)19/h3-10,14,19-20H,11-13H2,1-2H3,(H,24,28)(H,26,27)/t20-/m0/s1. The third kappa shape index (κ3) is 4.97. The molecule has 0 bridgehead atoms. The molecule has 0 saturated heterocycles. The van der Waals surface area contributed by atoms with Gasteiger partial charge in [0.05, 0.1) is 13.0 Å². The molecule has 7 heteroatoms. The maximum atomic E-state index is 12.2. The molecule has 0 fully saturated rings. The van der Waals surface area contributed by atoms with Crippen molar-refractivity contribution < 1.29 is 29.0 Å². The highest BCUT2D eigenvalue weighted by Crippen LogP contribution is 2.44. The summed E-state index contributed by atoms with van der Waals surface area (Å²) in [5.41, 5.74) is 4.30. The predicted octanol–water partition coefficient (Wildman–Crippen LogP) is 3.57. The first kappa shape index (κ1) is 21.4. The number of aliphatic carboxylic acids is 1. The Labute approximate surface area is 175 Å². The van der Waals surface area contributed by atoms with Gasteiger partial charge < -0.3 is 19.9 Å². The van der Waals surface area contributed by atoms with Gasteiger partial charge in [-0.2, -0.15) is 0 Å². The Morgan fingerprint density at radius 1 is 0.967 bits per heavy atom. The van der Waals surface area contributed by atoms with Crippen LogP contribution in [0.2, 0.25) is 0 Å². The fraction of sp³-hybridized carbons (Fsp3) is 0.348. The van der Waals surface area contributed by atoms with E-state index in [1.54, 1.807) is 0 Å². The Hall–Kier alpha value is -3.35. The minimum atomic E-state index is -1.42. The van der Waals surface area contributed by atoms with Gasteiger partial charge in [0.1, 0.15) is 12.6 Å². The number of amides is 1. The van der Waals surface area contributed by atoms with E-state index in [1.807, 2.05) is 62.4 Å². The summed E-state index contributed by atoms with van der Waals surface area (Å²) in [4.78, 5) is 35.5. The van der Waals surface area contributed by atoms with Crippen LogP contribution in [0.1, 0.15) is 37.3 Å². The number of ether oxygens (including phenoxy) is 2. The molecule has 30 heavy (non-hydrogen) atoms. The molecular formula is C23H25NO6. The largest absolute Gasteiger partial charge is 0.480 e. The number of hydrogen-bond donors (Lipinski definition) is 2. The van der Waals surface area contributed by atoms with E-state index in [0.29, 0.717) is 0 Å². The molecule has 1 atom stereocenters. The smallest absolute Gasteiger partial charge is 0.407 e. The van der Waals surface area contributed by atoms with Crippen molar-refractivity contribution in [1.29, 1.82) is 0 Å². The third-order valence-corrected chi connectivity index (χ3v) is 4.88. The molecule has 2 N–H and O–H groups in total. The number of nitrogens with one attached hydrogen (secondary N) is 1. The van der Waals surface area contributed by atoms with Crippen LogP contribution in [0.25, 0.3) is 11.1 Å². The molecule has 1 aliphatic rings. The van der Waals surface area contributed by atoms with E-state index < -0.39 is 30.5 Å².